The Hall–Kier alpha value is -2.39. The van der Waals surface area contributed by atoms with Gasteiger partial charge < -0.3 is 9.64 Å². The molecule has 8 nitrogen and oxygen atoms in total. The van der Waals surface area contributed by atoms with Crippen molar-refractivity contribution in [2.75, 3.05) is 32.8 Å². The first-order valence-electron chi connectivity index (χ1n) is 10.3. The molecule has 0 spiro atoms. The van der Waals surface area contributed by atoms with Crippen molar-refractivity contribution in [2.45, 2.75) is 44.8 Å². The molecule has 2 aliphatic heterocycles. The standard InChI is InChI=1S/C20H27FN6O2/c21-18-13-22-6-4-16(18)14-26-7-2-1-3-17(26)5-8-27-15-19(23-24-27)20(28)25-9-11-29-12-10-25/h4,6,13,15,17H,1-3,5,7-12,14H2. The zero-order valence-electron chi connectivity index (χ0n) is 16.5. The number of morpholine rings is 1. The molecule has 1 atom stereocenters. The minimum atomic E-state index is -0.251. The first-order chi connectivity index (χ1) is 14.2. The van der Waals surface area contributed by atoms with E-state index in [-0.39, 0.29) is 11.7 Å². The number of halogens is 1. The molecule has 2 saturated heterocycles. The first-order valence-corrected chi connectivity index (χ1v) is 10.3. The number of amides is 1. The molecule has 0 aliphatic carbocycles. The quantitative estimate of drug-likeness (QED) is 0.733. The molecular weight excluding hydrogens is 375 g/mol. The highest BCUT2D eigenvalue weighted by atomic mass is 19.1. The highest BCUT2D eigenvalue weighted by Gasteiger charge is 2.24. The van der Waals surface area contributed by atoms with Gasteiger partial charge in [-0.1, -0.05) is 11.6 Å². The fourth-order valence-electron chi connectivity index (χ4n) is 4.06. The lowest BCUT2D eigenvalue weighted by molar-refractivity contribution is 0.0299. The fraction of sp³-hybridized carbons (Fsp3) is 0.600. The normalized spacial score (nSPS) is 20.7. The minimum absolute atomic E-state index is 0.0907. The van der Waals surface area contributed by atoms with Gasteiger partial charge in [0.15, 0.2) is 5.69 Å². The molecule has 1 amide bonds. The van der Waals surface area contributed by atoms with Gasteiger partial charge >= 0.3 is 0 Å². The Bertz CT molecular complexity index is 823. The van der Waals surface area contributed by atoms with Crippen LogP contribution in [-0.2, 0) is 17.8 Å². The first kappa shape index (κ1) is 19.9. The van der Waals surface area contributed by atoms with Crippen LogP contribution in [-0.4, -0.2) is 74.6 Å². The number of nitrogens with zero attached hydrogens (tertiary/aromatic N) is 6. The molecule has 1 unspecified atom stereocenters. The van der Waals surface area contributed by atoms with E-state index in [4.69, 9.17) is 4.74 Å². The van der Waals surface area contributed by atoms with E-state index in [2.05, 4.69) is 20.2 Å². The van der Waals surface area contributed by atoms with Crippen molar-refractivity contribution in [3.05, 3.63) is 41.7 Å². The van der Waals surface area contributed by atoms with Gasteiger partial charge in [-0.05, 0) is 31.9 Å². The monoisotopic (exact) mass is 402 g/mol. The zero-order valence-corrected chi connectivity index (χ0v) is 16.5. The SMILES string of the molecule is O=C(c1cn(CCC2CCCCN2Cc2ccncc2F)nn1)N1CCOCC1. The summed E-state index contributed by atoms with van der Waals surface area (Å²) in [5, 5.41) is 8.21. The Balaban J connectivity index is 1.34. The van der Waals surface area contributed by atoms with Crippen molar-refractivity contribution >= 4 is 5.91 Å². The molecular formula is C20H27FN6O2. The van der Waals surface area contributed by atoms with Gasteiger partial charge in [-0.2, -0.15) is 0 Å². The van der Waals surface area contributed by atoms with E-state index in [9.17, 15) is 9.18 Å². The Kier molecular flexibility index (Phi) is 6.46. The van der Waals surface area contributed by atoms with Crippen molar-refractivity contribution in [1.29, 1.82) is 0 Å². The molecule has 0 radical (unpaired) electrons. The lowest BCUT2D eigenvalue weighted by Gasteiger charge is -2.35. The van der Waals surface area contributed by atoms with Crippen molar-refractivity contribution in [2.24, 2.45) is 0 Å². The molecule has 29 heavy (non-hydrogen) atoms. The summed E-state index contributed by atoms with van der Waals surface area (Å²) in [5.74, 6) is -0.341. The van der Waals surface area contributed by atoms with Crippen LogP contribution in [0.5, 0.6) is 0 Å². The summed E-state index contributed by atoms with van der Waals surface area (Å²) in [5.41, 5.74) is 1.07. The number of hydrogen-bond acceptors (Lipinski definition) is 6. The van der Waals surface area contributed by atoms with Gasteiger partial charge in [-0.25, -0.2) is 4.39 Å². The maximum absolute atomic E-state index is 14.0. The molecule has 2 aromatic rings. The largest absolute Gasteiger partial charge is 0.378 e. The number of ether oxygens (including phenoxy) is 1. The number of carbonyl (C=O) groups excluding carboxylic acids is 1. The lowest BCUT2D eigenvalue weighted by atomic mass is 9.98. The van der Waals surface area contributed by atoms with Crippen LogP contribution < -0.4 is 0 Å². The number of rotatable bonds is 6. The molecule has 0 saturated carbocycles. The van der Waals surface area contributed by atoms with E-state index < -0.39 is 0 Å². The topological polar surface area (TPSA) is 76.4 Å². The Morgan fingerprint density at radius 1 is 1.24 bits per heavy atom. The Morgan fingerprint density at radius 3 is 2.93 bits per heavy atom. The summed E-state index contributed by atoms with van der Waals surface area (Å²) in [6.45, 7) is 4.55. The molecule has 0 N–H and O–H groups in total. The molecule has 2 fully saturated rings. The molecule has 4 rings (SSSR count). The third-order valence-corrected chi connectivity index (χ3v) is 5.73. The third-order valence-electron chi connectivity index (χ3n) is 5.73. The second-order valence-electron chi connectivity index (χ2n) is 7.65. The van der Waals surface area contributed by atoms with Crippen LogP contribution in [0.1, 0.15) is 41.7 Å². The van der Waals surface area contributed by atoms with Gasteiger partial charge in [0.05, 0.1) is 25.6 Å². The van der Waals surface area contributed by atoms with E-state index >= 15 is 0 Å². The van der Waals surface area contributed by atoms with E-state index in [1.54, 1.807) is 28.0 Å². The van der Waals surface area contributed by atoms with Gasteiger partial charge in [-0.15, -0.1) is 5.10 Å². The van der Waals surface area contributed by atoms with Crippen molar-refractivity contribution in [3.63, 3.8) is 0 Å². The van der Waals surface area contributed by atoms with E-state index in [1.165, 1.54) is 12.6 Å². The van der Waals surface area contributed by atoms with Crippen LogP contribution in [0, 0.1) is 5.82 Å². The number of pyridine rings is 1. The van der Waals surface area contributed by atoms with Gasteiger partial charge in [0.2, 0.25) is 0 Å². The summed E-state index contributed by atoms with van der Waals surface area (Å²) >= 11 is 0. The Labute approximate surface area is 169 Å². The van der Waals surface area contributed by atoms with Crippen LogP contribution in [0.2, 0.25) is 0 Å². The highest BCUT2D eigenvalue weighted by Crippen LogP contribution is 2.23. The van der Waals surface area contributed by atoms with Crippen LogP contribution in [0.15, 0.2) is 24.7 Å². The highest BCUT2D eigenvalue weighted by molar-refractivity contribution is 5.91. The third kappa shape index (κ3) is 4.97. The number of aryl methyl sites for hydroxylation is 1. The van der Waals surface area contributed by atoms with E-state index in [1.807, 2.05) is 0 Å². The van der Waals surface area contributed by atoms with Gasteiger partial charge in [0, 0.05) is 44.0 Å². The van der Waals surface area contributed by atoms with Crippen molar-refractivity contribution < 1.29 is 13.9 Å². The molecule has 4 heterocycles. The summed E-state index contributed by atoms with van der Waals surface area (Å²) in [4.78, 5) is 20.4. The lowest BCUT2D eigenvalue weighted by Crippen LogP contribution is -2.40. The summed E-state index contributed by atoms with van der Waals surface area (Å²) in [6.07, 6.45) is 8.93. The zero-order chi connectivity index (χ0) is 20.1. The average molecular weight is 402 g/mol. The second-order valence-corrected chi connectivity index (χ2v) is 7.65. The molecule has 2 aromatic heterocycles. The van der Waals surface area contributed by atoms with Gasteiger partial charge in [0.1, 0.15) is 5.82 Å². The average Bonchev–Trinajstić information content (AvgIpc) is 3.24. The number of carbonyl (C=O) groups is 1. The van der Waals surface area contributed by atoms with E-state index in [0.29, 0.717) is 56.7 Å². The predicted octanol–water partition coefficient (Wildman–Crippen LogP) is 1.73. The number of likely N-dealkylation sites (tertiary alicyclic amines) is 1. The summed E-state index contributed by atoms with van der Waals surface area (Å²) < 4.78 is 21.0. The Morgan fingerprint density at radius 2 is 2.10 bits per heavy atom. The van der Waals surface area contributed by atoms with Crippen LogP contribution in [0.4, 0.5) is 4.39 Å². The second kappa shape index (κ2) is 9.41. The van der Waals surface area contributed by atoms with Crippen LogP contribution in [0.3, 0.4) is 0 Å². The maximum Gasteiger partial charge on any atom is 0.276 e. The molecule has 9 heteroatoms. The van der Waals surface area contributed by atoms with Gasteiger partial charge in [0.25, 0.3) is 5.91 Å². The van der Waals surface area contributed by atoms with Crippen molar-refractivity contribution in [1.82, 2.24) is 29.8 Å². The van der Waals surface area contributed by atoms with Crippen LogP contribution >= 0.6 is 0 Å². The molecule has 0 aromatic carbocycles. The molecule has 0 bridgehead atoms. The number of aromatic nitrogens is 4. The fourth-order valence-corrected chi connectivity index (χ4v) is 4.06. The number of hydrogen-bond donors (Lipinski definition) is 0. The molecule has 2 aliphatic rings. The summed E-state index contributed by atoms with van der Waals surface area (Å²) in [6, 6.07) is 2.11. The van der Waals surface area contributed by atoms with Crippen LogP contribution in [0.25, 0.3) is 0 Å². The van der Waals surface area contributed by atoms with Gasteiger partial charge in [-0.3, -0.25) is 19.4 Å². The minimum Gasteiger partial charge on any atom is -0.378 e. The number of piperidine rings is 1. The summed E-state index contributed by atoms with van der Waals surface area (Å²) in [7, 11) is 0. The maximum atomic E-state index is 14.0. The predicted molar refractivity (Wildman–Crippen MR) is 104 cm³/mol. The van der Waals surface area contributed by atoms with Crippen molar-refractivity contribution in [3.8, 4) is 0 Å². The smallest absolute Gasteiger partial charge is 0.276 e. The molecule has 156 valence electrons. The van der Waals surface area contributed by atoms with E-state index in [0.717, 1.165) is 25.8 Å².